The Balaban J connectivity index is 1.70. The number of rotatable bonds is 13. The van der Waals surface area contributed by atoms with Gasteiger partial charge in [0.1, 0.15) is 0 Å². The molecule has 0 saturated carbocycles. The fourth-order valence-corrected chi connectivity index (χ4v) is 4.97. The van der Waals surface area contributed by atoms with Crippen molar-refractivity contribution in [1.29, 1.82) is 0 Å². The summed E-state index contributed by atoms with van der Waals surface area (Å²) in [6, 6.07) is 19.3. The van der Waals surface area contributed by atoms with Crippen LogP contribution in [0.4, 0.5) is 5.82 Å². The van der Waals surface area contributed by atoms with Gasteiger partial charge in [-0.2, -0.15) is 0 Å². The molecule has 4 N–H and O–H groups in total. The Bertz CT molecular complexity index is 1470. The van der Waals surface area contributed by atoms with Gasteiger partial charge in [-0.3, -0.25) is 24.1 Å². The van der Waals surface area contributed by atoms with Crippen molar-refractivity contribution in [2.24, 2.45) is 0 Å². The van der Waals surface area contributed by atoms with Crippen molar-refractivity contribution < 1.29 is 38.9 Å². The molecule has 0 radical (unpaired) electrons. The van der Waals surface area contributed by atoms with Crippen LogP contribution < -0.4 is 15.4 Å². The van der Waals surface area contributed by atoms with Crippen LogP contribution in [0.1, 0.15) is 37.8 Å². The number of carboxylic acids is 2. The van der Waals surface area contributed by atoms with E-state index in [1.54, 1.807) is 66.7 Å². The molecule has 4 rings (SSSR count). The van der Waals surface area contributed by atoms with Crippen LogP contribution in [0.3, 0.4) is 0 Å². The average Bonchev–Trinajstić information content (AvgIpc) is 2.98. The highest BCUT2D eigenvalue weighted by Crippen LogP contribution is 2.33. The molecular formula is C31H32N4O8. The van der Waals surface area contributed by atoms with Crippen molar-refractivity contribution in [1.82, 2.24) is 15.2 Å². The number of fused-ring (bicyclic) bond motifs is 1. The number of benzene rings is 2. The average molecular weight is 589 g/mol. The third-order valence-corrected chi connectivity index (χ3v) is 7.36. The van der Waals surface area contributed by atoms with E-state index in [2.05, 4.69) is 15.6 Å². The lowest BCUT2D eigenvalue weighted by atomic mass is 9.82. The number of aromatic nitrogens is 1. The summed E-state index contributed by atoms with van der Waals surface area (Å²) < 4.78 is 5.69. The second kappa shape index (κ2) is 12.8. The van der Waals surface area contributed by atoms with Crippen molar-refractivity contribution >= 4 is 35.4 Å². The summed E-state index contributed by atoms with van der Waals surface area (Å²) in [4.78, 5) is 70.9. The number of carbonyl (C=O) groups excluding carboxylic acids is 3. The van der Waals surface area contributed by atoms with Crippen molar-refractivity contribution in [3.63, 3.8) is 0 Å². The maximum absolute atomic E-state index is 14.3. The highest BCUT2D eigenvalue weighted by atomic mass is 16.5. The quantitative estimate of drug-likeness (QED) is 0.217. The number of nitrogens with zero attached hydrogens (tertiary/aromatic N) is 2. The topological polar surface area (TPSA) is 175 Å². The zero-order valence-electron chi connectivity index (χ0n) is 23.6. The third kappa shape index (κ3) is 6.54. The summed E-state index contributed by atoms with van der Waals surface area (Å²) in [5.41, 5.74) is -3.10. The van der Waals surface area contributed by atoms with Crippen LogP contribution in [0.15, 0.2) is 79.0 Å². The molecule has 2 amide bonds. The molecule has 0 aliphatic carbocycles. The number of anilines is 1. The van der Waals surface area contributed by atoms with E-state index in [1.165, 1.54) is 31.0 Å². The maximum Gasteiger partial charge on any atom is 0.332 e. The fourth-order valence-electron chi connectivity index (χ4n) is 4.97. The van der Waals surface area contributed by atoms with Gasteiger partial charge in [0.05, 0.1) is 6.04 Å². The largest absolute Gasteiger partial charge is 0.481 e. The number of ether oxygens (including phenoxy) is 1. The highest BCUT2D eigenvalue weighted by molar-refractivity contribution is 6.17. The Morgan fingerprint density at radius 3 is 2.09 bits per heavy atom. The second-order valence-electron chi connectivity index (χ2n) is 10.4. The molecule has 1 aliphatic heterocycles. The lowest BCUT2D eigenvalue weighted by Crippen LogP contribution is -2.66. The summed E-state index contributed by atoms with van der Waals surface area (Å²) in [6.07, 6.45) is 0.223. The van der Waals surface area contributed by atoms with Gasteiger partial charge in [0.15, 0.2) is 22.9 Å². The Kier molecular flexibility index (Phi) is 9.20. The van der Waals surface area contributed by atoms with Crippen LogP contribution in [0, 0.1) is 0 Å². The third-order valence-electron chi connectivity index (χ3n) is 7.36. The number of carbonyl (C=O) groups is 5. The molecule has 0 fully saturated rings. The molecule has 12 heteroatoms. The van der Waals surface area contributed by atoms with Crippen LogP contribution in [0.25, 0.3) is 0 Å². The number of hydrogen-bond acceptors (Lipinski definition) is 8. The van der Waals surface area contributed by atoms with E-state index in [0.29, 0.717) is 11.1 Å². The van der Waals surface area contributed by atoms with E-state index in [1.807, 2.05) is 0 Å². The van der Waals surface area contributed by atoms with Crippen molar-refractivity contribution in [3.8, 4) is 5.75 Å². The molecule has 0 spiro atoms. The summed E-state index contributed by atoms with van der Waals surface area (Å²) in [5, 5.41) is 25.2. The molecule has 2 aromatic carbocycles. The number of amides is 2. The summed E-state index contributed by atoms with van der Waals surface area (Å²) in [5.74, 6) is -5.37. The standard InChI is InChI=1S/C31H32N4O8/c1-20(33-27(39)30(2)28(40)34-26-23(43-30)14-9-17-32-26)25(38)31(29(41)42,16-15-24(36)37)35(18-21-10-5-3-6-11-21)19-22-12-7-4-8-13-22/h3-14,17,20H,15-16,18-19H2,1-2H3,(H,33,39)(H,36,37)(H,41,42)(H,32,34,40)/t20-,30?,31-/m0/s1. The number of hydrogen-bond donors (Lipinski definition) is 4. The number of aliphatic carboxylic acids is 2. The first-order valence-electron chi connectivity index (χ1n) is 13.6. The molecule has 0 bridgehead atoms. The number of pyridine rings is 1. The first-order chi connectivity index (χ1) is 20.5. The first-order valence-corrected chi connectivity index (χ1v) is 13.6. The van der Waals surface area contributed by atoms with E-state index in [9.17, 15) is 34.2 Å². The number of ketones is 1. The van der Waals surface area contributed by atoms with Crippen LogP contribution in [-0.4, -0.2) is 66.8 Å². The molecule has 0 saturated heterocycles. The molecule has 3 aromatic rings. The van der Waals surface area contributed by atoms with Crippen LogP contribution >= 0.6 is 0 Å². The maximum atomic E-state index is 14.3. The minimum atomic E-state index is -2.37. The van der Waals surface area contributed by atoms with Gasteiger partial charge in [-0.1, -0.05) is 60.7 Å². The number of Topliss-reactive ketones (excluding diaryl/α,β-unsaturated/α-hetero) is 1. The van der Waals surface area contributed by atoms with Gasteiger partial charge < -0.3 is 25.6 Å². The monoisotopic (exact) mass is 588 g/mol. The van der Waals surface area contributed by atoms with E-state index < -0.39 is 59.6 Å². The molecular weight excluding hydrogens is 556 g/mol. The van der Waals surface area contributed by atoms with Gasteiger partial charge >= 0.3 is 11.9 Å². The van der Waals surface area contributed by atoms with Crippen molar-refractivity contribution in [2.45, 2.75) is 57.0 Å². The van der Waals surface area contributed by atoms with Crippen LogP contribution in [0.2, 0.25) is 0 Å². The van der Waals surface area contributed by atoms with E-state index in [-0.39, 0.29) is 24.7 Å². The molecule has 2 heterocycles. The summed E-state index contributed by atoms with van der Waals surface area (Å²) >= 11 is 0. The van der Waals surface area contributed by atoms with Crippen LogP contribution in [-0.2, 0) is 37.1 Å². The fraction of sp³-hybridized carbons (Fsp3) is 0.290. The summed E-state index contributed by atoms with van der Waals surface area (Å²) in [6.45, 7) is 2.49. The molecule has 12 nitrogen and oxygen atoms in total. The summed E-state index contributed by atoms with van der Waals surface area (Å²) in [7, 11) is 0. The van der Waals surface area contributed by atoms with Gasteiger partial charge in [-0.05, 0) is 43.5 Å². The molecule has 43 heavy (non-hydrogen) atoms. The minimum Gasteiger partial charge on any atom is -0.481 e. The Morgan fingerprint density at radius 2 is 1.56 bits per heavy atom. The van der Waals surface area contributed by atoms with E-state index in [4.69, 9.17) is 4.74 Å². The smallest absolute Gasteiger partial charge is 0.332 e. The van der Waals surface area contributed by atoms with Crippen molar-refractivity contribution in [3.05, 3.63) is 90.1 Å². The second-order valence-corrected chi connectivity index (χ2v) is 10.4. The zero-order valence-corrected chi connectivity index (χ0v) is 23.6. The lowest BCUT2D eigenvalue weighted by molar-refractivity contribution is -0.163. The van der Waals surface area contributed by atoms with Gasteiger partial charge in [0.2, 0.25) is 0 Å². The first kappa shape index (κ1) is 30.8. The predicted octanol–water partition coefficient (Wildman–Crippen LogP) is 2.64. The SMILES string of the molecule is C[C@H](NC(=O)C1(C)Oc2cccnc2NC1=O)C(=O)[C@@](CCC(=O)O)(C(=O)O)N(Cc1ccccc1)Cc1ccccc1. The lowest BCUT2D eigenvalue weighted by Gasteiger charge is -2.41. The van der Waals surface area contributed by atoms with Crippen molar-refractivity contribution in [2.75, 3.05) is 5.32 Å². The molecule has 1 aromatic heterocycles. The van der Waals surface area contributed by atoms with Gasteiger partial charge in [0, 0.05) is 25.7 Å². The normalized spacial score (nSPS) is 17.9. The zero-order chi connectivity index (χ0) is 31.2. The Morgan fingerprint density at radius 1 is 0.977 bits per heavy atom. The number of nitrogens with one attached hydrogen (secondary N) is 2. The van der Waals surface area contributed by atoms with E-state index in [0.717, 1.165) is 0 Å². The number of carboxylic acid groups (broad SMARTS) is 2. The molecule has 3 atom stereocenters. The molecule has 1 aliphatic rings. The van der Waals surface area contributed by atoms with Crippen LogP contribution in [0.5, 0.6) is 5.75 Å². The highest BCUT2D eigenvalue weighted by Gasteiger charge is 2.54. The van der Waals surface area contributed by atoms with E-state index >= 15 is 0 Å². The van der Waals surface area contributed by atoms with Gasteiger partial charge in [-0.15, -0.1) is 0 Å². The van der Waals surface area contributed by atoms with Gasteiger partial charge in [-0.25, -0.2) is 9.78 Å². The predicted molar refractivity (Wildman–Crippen MR) is 154 cm³/mol. The Hall–Kier alpha value is -5.10. The molecule has 1 unspecified atom stereocenters. The Labute approximate surface area is 247 Å². The molecule has 224 valence electrons. The van der Waals surface area contributed by atoms with Gasteiger partial charge in [0.25, 0.3) is 17.4 Å². The minimum absolute atomic E-state index is 0.0128.